The van der Waals surface area contributed by atoms with Crippen LogP contribution in [0.15, 0.2) is 28.2 Å². The fourth-order valence-corrected chi connectivity index (χ4v) is 3.17. The monoisotopic (exact) mass is 278 g/mol. The molecule has 0 unspecified atom stereocenters. The number of carboxylic acid groups (broad SMARTS) is 1. The van der Waals surface area contributed by atoms with E-state index in [9.17, 15) is 4.79 Å². The summed E-state index contributed by atoms with van der Waals surface area (Å²) in [5.41, 5.74) is 0.907. The second-order valence-electron chi connectivity index (χ2n) is 4.59. The van der Waals surface area contributed by atoms with Gasteiger partial charge in [0.1, 0.15) is 6.04 Å². The Labute approximate surface area is 114 Å². The van der Waals surface area contributed by atoms with Gasteiger partial charge in [-0.2, -0.15) is 0 Å². The molecule has 1 N–H and O–H groups in total. The lowest BCUT2D eigenvalue weighted by atomic mass is 10.2. The van der Waals surface area contributed by atoms with Crippen molar-refractivity contribution in [3.8, 4) is 10.8 Å². The minimum Gasteiger partial charge on any atom is -0.480 e. The number of furan rings is 1. The molecular weight excluding hydrogens is 264 g/mol. The average Bonchev–Trinajstić information content (AvgIpc) is 3.09. The fraction of sp³-hybridized carbons (Fsp3) is 0.385. The molecule has 1 atom stereocenters. The second-order valence-corrected chi connectivity index (χ2v) is 5.45. The number of nitrogens with zero attached hydrogens (tertiary/aromatic N) is 2. The number of aromatic nitrogens is 1. The van der Waals surface area contributed by atoms with E-state index in [0.717, 1.165) is 35.8 Å². The summed E-state index contributed by atoms with van der Waals surface area (Å²) in [6.45, 7) is 1.42. The van der Waals surface area contributed by atoms with Crippen molar-refractivity contribution in [2.75, 3.05) is 6.54 Å². The largest absolute Gasteiger partial charge is 0.480 e. The first-order chi connectivity index (χ1) is 9.24. The van der Waals surface area contributed by atoms with E-state index < -0.39 is 5.97 Å². The third-order valence-electron chi connectivity index (χ3n) is 3.30. The van der Waals surface area contributed by atoms with Crippen LogP contribution in [0.25, 0.3) is 10.8 Å². The minimum atomic E-state index is -0.737. The average molecular weight is 278 g/mol. The van der Waals surface area contributed by atoms with Crippen LogP contribution < -0.4 is 0 Å². The molecule has 6 heteroatoms. The van der Waals surface area contributed by atoms with Crippen molar-refractivity contribution in [2.45, 2.75) is 25.4 Å². The summed E-state index contributed by atoms with van der Waals surface area (Å²) in [4.78, 5) is 17.6. The van der Waals surface area contributed by atoms with Gasteiger partial charge in [0.25, 0.3) is 0 Å². The Morgan fingerprint density at radius 1 is 1.63 bits per heavy atom. The van der Waals surface area contributed by atoms with Gasteiger partial charge in [-0.25, -0.2) is 4.98 Å². The van der Waals surface area contributed by atoms with Crippen LogP contribution in [0.3, 0.4) is 0 Å². The van der Waals surface area contributed by atoms with Crippen LogP contribution in [-0.2, 0) is 11.3 Å². The van der Waals surface area contributed by atoms with Crippen molar-refractivity contribution >= 4 is 17.3 Å². The molecule has 2 aromatic rings. The molecule has 3 heterocycles. The van der Waals surface area contributed by atoms with E-state index in [4.69, 9.17) is 9.52 Å². The third kappa shape index (κ3) is 2.54. The Bertz CT molecular complexity index is 564. The zero-order chi connectivity index (χ0) is 13.2. The van der Waals surface area contributed by atoms with Crippen molar-refractivity contribution < 1.29 is 14.3 Å². The van der Waals surface area contributed by atoms with Crippen LogP contribution in [-0.4, -0.2) is 33.5 Å². The topological polar surface area (TPSA) is 66.6 Å². The Morgan fingerprint density at radius 2 is 2.53 bits per heavy atom. The maximum absolute atomic E-state index is 11.1. The van der Waals surface area contributed by atoms with E-state index in [1.54, 1.807) is 6.26 Å². The molecule has 19 heavy (non-hydrogen) atoms. The standard InChI is InChI=1S/C13H14N2O3S/c16-13(17)10-3-1-5-15(10)7-9-8-19-12(14-9)11-4-2-6-18-11/h2,4,6,8,10H,1,3,5,7H2,(H,16,17)/t10-/m0/s1. The van der Waals surface area contributed by atoms with Gasteiger partial charge in [-0.1, -0.05) is 0 Å². The summed E-state index contributed by atoms with van der Waals surface area (Å²) in [6, 6.07) is 3.34. The highest BCUT2D eigenvalue weighted by molar-refractivity contribution is 7.13. The normalized spacial score (nSPS) is 19.9. The SMILES string of the molecule is O=C(O)[C@@H]1CCCN1Cc1csc(-c2ccco2)n1. The van der Waals surface area contributed by atoms with Crippen molar-refractivity contribution in [1.29, 1.82) is 0 Å². The fourth-order valence-electron chi connectivity index (χ4n) is 2.40. The number of carboxylic acids is 1. The van der Waals surface area contributed by atoms with Crippen molar-refractivity contribution in [2.24, 2.45) is 0 Å². The van der Waals surface area contributed by atoms with Crippen molar-refractivity contribution in [3.63, 3.8) is 0 Å². The highest BCUT2D eigenvalue weighted by atomic mass is 32.1. The molecule has 0 aliphatic carbocycles. The molecule has 5 nitrogen and oxygen atoms in total. The summed E-state index contributed by atoms with van der Waals surface area (Å²) >= 11 is 1.52. The Kier molecular flexibility index (Phi) is 3.35. The molecule has 0 bridgehead atoms. The second kappa shape index (κ2) is 5.14. The lowest BCUT2D eigenvalue weighted by Crippen LogP contribution is -2.35. The zero-order valence-electron chi connectivity index (χ0n) is 10.3. The van der Waals surface area contributed by atoms with E-state index >= 15 is 0 Å². The number of carbonyl (C=O) groups is 1. The number of hydrogen-bond donors (Lipinski definition) is 1. The number of thiazole rings is 1. The summed E-state index contributed by atoms with van der Waals surface area (Å²) in [7, 11) is 0. The summed E-state index contributed by atoms with van der Waals surface area (Å²) in [6.07, 6.45) is 3.29. The molecule has 1 saturated heterocycles. The number of likely N-dealkylation sites (tertiary alicyclic amines) is 1. The zero-order valence-corrected chi connectivity index (χ0v) is 11.1. The van der Waals surface area contributed by atoms with Crippen LogP contribution >= 0.6 is 11.3 Å². The smallest absolute Gasteiger partial charge is 0.320 e. The van der Waals surface area contributed by atoms with Gasteiger partial charge in [0.05, 0.1) is 12.0 Å². The quantitative estimate of drug-likeness (QED) is 0.930. The molecule has 0 radical (unpaired) electrons. The highest BCUT2D eigenvalue weighted by Gasteiger charge is 2.30. The van der Waals surface area contributed by atoms with Crippen LogP contribution in [0.2, 0.25) is 0 Å². The van der Waals surface area contributed by atoms with Gasteiger partial charge in [-0.3, -0.25) is 9.69 Å². The van der Waals surface area contributed by atoms with Crippen LogP contribution in [0.1, 0.15) is 18.5 Å². The molecular formula is C13H14N2O3S. The minimum absolute atomic E-state index is 0.367. The van der Waals surface area contributed by atoms with Crippen LogP contribution in [0, 0.1) is 0 Å². The van der Waals surface area contributed by atoms with Crippen LogP contribution in [0.5, 0.6) is 0 Å². The van der Waals surface area contributed by atoms with Gasteiger partial charge in [-0.05, 0) is 31.5 Å². The van der Waals surface area contributed by atoms with Crippen molar-refractivity contribution in [1.82, 2.24) is 9.88 Å². The van der Waals surface area contributed by atoms with Crippen LogP contribution in [0.4, 0.5) is 0 Å². The maximum Gasteiger partial charge on any atom is 0.320 e. The number of rotatable bonds is 4. The molecule has 1 fully saturated rings. The predicted molar refractivity (Wildman–Crippen MR) is 70.9 cm³/mol. The van der Waals surface area contributed by atoms with E-state index in [0.29, 0.717) is 6.54 Å². The first kappa shape index (κ1) is 12.4. The van der Waals surface area contributed by atoms with Gasteiger partial charge < -0.3 is 9.52 Å². The van der Waals surface area contributed by atoms with Gasteiger partial charge in [0, 0.05) is 11.9 Å². The summed E-state index contributed by atoms with van der Waals surface area (Å²) < 4.78 is 5.30. The predicted octanol–water partition coefficient (Wildman–Crippen LogP) is 2.45. The van der Waals surface area contributed by atoms with Gasteiger partial charge in [0.15, 0.2) is 10.8 Å². The van der Waals surface area contributed by atoms with E-state index in [-0.39, 0.29) is 6.04 Å². The molecule has 0 spiro atoms. The summed E-state index contributed by atoms with van der Waals surface area (Å²) in [5, 5.41) is 11.9. The number of aliphatic carboxylic acids is 1. The molecule has 2 aromatic heterocycles. The molecule has 1 aliphatic rings. The third-order valence-corrected chi connectivity index (χ3v) is 4.20. The Hall–Kier alpha value is -1.66. The van der Waals surface area contributed by atoms with Gasteiger partial charge in [-0.15, -0.1) is 11.3 Å². The first-order valence-corrected chi connectivity index (χ1v) is 7.07. The molecule has 0 aromatic carbocycles. The lowest BCUT2D eigenvalue weighted by Gasteiger charge is -2.19. The molecule has 100 valence electrons. The highest BCUT2D eigenvalue weighted by Crippen LogP contribution is 2.26. The number of hydrogen-bond acceptors (Lipinski definition) is 5. The van der Waals surface area contributed by atoms with E-state index in [1.807, 2.05) is 22.4 Å². The van der Waals surface area contributed by atoms with Gasteiger partial charge >= 0.3 is 5.97 Å². The van der Waals surface area contributed by atoms with E-state index in [1.165, 1.54) is 11.3 Å². The molecule has 3 rings (SSSR count). The maximum atomic E-state index is 11.1. The molecule has 0 saturated carbocycles. The molecule has 0 amide bonds. The van der Waals surface area contributed by atoms with E-state index in [2.05, 4.69) is 4.98 Å². The lowest BCUT2D eigenvalue weighted by molar-refractivity contribution is -0.142. The Balaban J connectivity index is 1.72. The first-order valence-electron chi connectivity index (χ1n) is 6.19. The molecule has 1 aliphatic heterocycles. The summed E-state index contributed by atoms with van der Waals surface area (Å²) in [5.74, 6) is 0.0199. The van der Waals surface area contributed by atoms with Gasteiger partial charge in [0.2, 0.25) is 0 Å². The Morgan fingerprint density at radius 3 is 3.26 bits per heavy atom. The van der Waals surface area contributed by atoms with Crippen molar-refractivity contribution in [3.05, 3.63) is 29.5 Å².